The zero-order chi connectivity index (χ0) is 26.3. The van der Waals surface area contributed by atoms with Crippen molar-refractivity contribution in [1.82, 2.24) is 5.32 Å². The first-order valence-electron chi connectivity index (χ1n) is 11.5. The molecular formula is C29H23Br2NO5. The van der Waals surface area contributed by atoms with E-state index in [-0.39, 0.29) is 5.78 Å². The molecule has 0 amide bonds. The highest BCUT2D eigenvalue weighted by molar-refractivity contribution is 9.10. The highest BCUT2D eigenvalue weighted by Crippen LogP contribution is 2.49. The largest absolute Gasteiger partial charge is 0.493 e. The molecule has 0 radical (unpaired) electrons. The highest BCUT2D eigenvalue weighted by Gasteiger charge is 2.43. The summed E-state index contributed by atoms with van der Waals surface area (Å²) in [6.45, 7) is 2.15. The number of benzene rings is 3. The summed E-state index contributed by atoms with van der Waals surface area (Å²) in [4.78, 5) is 26.6. The Morgan fingerprint density at radius 2 is 1.70 bits per heavy atom. The van der Waals surface area contributed by atoms with Gasteiger partial charge in [-0.1, -0.05) is 52.3 Å². The van der Waals surface area contributed by atoms with Gasteiger partial charge in [0.15, 0.2) is 17.3 Å². The van der Waals surface area contributed by atoms with Crippen LogP contribution < -0.4 is 14.8 Å². The lowest BCUT2D eigenvalue weighted by Crippen LogP contribution is -2.29. The topological polar surface area (TPSA) is 73.9 Å². The second kappa shape index (κ2) is 10.2. The van der Waals surface area contributed by atoms with Crippen molar-refractivity contribution < 1.29 is 23.8 Å². The number of rotatable bonds is 6. The minimum atomic E-state index is -0.658. The summed E-state index contributed by atoms with van der Waals surface area (Å²) in [5, 5.41) is 3.29. The Morgan fingerprint density at radius 3 is 2.38 bits per heavy atom. The van der Waals surface area contributed by atoms with E-state index >= 15 is 0 Å². The van der Waals surface area contributed by atoms with Gasteiger partial charge in [0.2, 0.25) is 0 Å². The van der Waals surface area contributed by atoms with Gasteiger partial charge in [-0.3, -0.25) is 4.79 Å². The molecular weight excluding hydrogens is 602 g/mol. The van der Waals surface area contributed by atoms with Crippen LogP contribution in [0.4, 0.5) is 0 Å². The van der Waals surface area contributed by atoms with Crippen LogP contribution in [0.15, 0.2) is 86.5 Å². The van der Waals surface area contributed by atoms with Crippen LogP contribution >= 0.6 is 31.9 Å². The van der Waals surface area contributed by atoms with E-state index in [0.29, 0.717) is 56.2 Å². The fraction of sp³-hybridized carbons (Fsp3) is 0.172. The summed E-state index contributed by atoms with van der Waals surface area (Å²) in [7, 11) is 2.90. The molecule has 1 aliphatic carbocycles. The first kappa shape index (κ1) is 25.3. The number of carbonyl (C=O) groups excluding carboxylic acids is 2. The number of halogens is 2. The molecule has 0 bridgehead atoms. The normalized spacial score (nSPS) is 16.2. The molecule has 2 aliphatic rings. The van der Waals surface area contributed by atoms with Gasteiger partial charge in [-0.25, -0.2) is 4.79 Å². The SMILES string of the molecule is COC(=O)C1=C(C)NC2=C(C(=O)c3ccccc32)[C@H]1c1cc(Br)c(OCc2ccc(Br)cc2)c(OC)c1. The van der Waals surface area contributed by atoms with E-state index in [2.05, 4.69) is 37.2 Å². The fourth-order valence-corrected chi connectivity index (χ4v) is 5.66. The average Bonchev–Trinajstić information content (AvgIpc) is 3.18. The number of Topliss-reactive ketones (excluding diaryl/α,β-unsaturated/α-hetero) is 1. The number of ketones is 1. The molecule has 0 aromatic heterocycles. The number of methoxy groups -OCH3 is 2. The van der Waals surface area contributed by atoms with Crippen molar-refractivity contribution in [2.75, 3.05) is 14.2 Å². The molecule has 1 aliphatic heterocycles. The molecule has 1 atom stereocenters. The molecule has 8 heteroatoms. The van der Waals surface area contributed by atoms with E-state index in [1.165, 1.54) is 7.11 Å². The minimum absolute atomic E-state index is 0.123. The maximum atomic E-state index is 13.6. The summed E-state index contributed by atoms with van der Waals surface area (Å²) >= 11 is 7.08. The molecule has 3 aromatic carbocycles. The molecule has 188 valence electrons. The van der Waals surface area contributed by atoms with Crippen molar-refractivity contribution in [3.05, 3.63) is 109 Å². The van der Waals surface area contributed by atoms with Crippen molar-refractivity contribution >= 4 is 49.3 Å². The summed E-state index contributed by atoms with van der Waals surface area (Å²) < 4.78 is 18.6. The zero-order valence-corrected chi connectivity index (χ0v) is 23.5. The van der Waals surface area contributed by atoms with Crippen molar-refractivity contribution in [2.24, 2.45) is 0 Å². The zero-order valence-electron chi connectivity index (χ0n) is 20.4. The molecule has 3 aromatic rings. The van der Waals surface area contributed by atoms with Crippen LogP contribution in [0, 0.1) is 0 Å². The van der Waals surface area contributed by atoms with Crippen LogP contribution in [0.3, 0.4) is 0 Å². The van der Waals surface area contributed by atoms with Crippen molar-refractivity contribution in [3.63, 3.8) is 0 Å². The van der Waals surface area contributed by atoms with Gasteiger partial charge in [0.05, 0.1) is 30.0 Å². The lowest BCUT2D eigenvalue weighted by atomic mass is 9.79. The van der Waals surface area contributed by atoms with Crippen LogP contribution in [-0.2, 0) is 16.1 Å². The third kappa shape index (κ3) is 4.49. The van der Waals surface area contributed by atoms with Crippen LogP contribution in [0.1, 0.15) is 39.9 Å². The van der Waals surface area contributed by atoms with Crippen molar-refractivity contribution in [2.45, 2.75) is 19.4 Å². The van der Waals surface area contributed by atoms with Gasteiger partial charge >= 0.3 is 5.97 Å². The molecule has 0 saturated heterocycles. The lowest BCUT2D eigenvalue weighted by molar-refractivity contribution is -0.136. The Kier molecular flexibility index (Phi) is 6.96. The van der Waals surface area contributed by atoms with Gasteiger partial charge < -0.3 is 19.5 Å². The van der Waals surface area contributed by atoms with Crippen LogP contribution in [0.5, 0.6) is 11.5 Å². The molecule has 5 rings (SSSR count). The minimum Gasteiger partial charge on any atom is -0.493 e. The predicted molar refractivity (Wildman–Crippen MR) is 147 cm³/mol. The Balaban J connectivity index is 1.60. The second-order valence-corrected chi connectivity index (χ2v) is 10.5. The maximum Gasteiger partial charge on any atom is 0.336 e. The molecule has 37 heavy (non-hydrogen) atoms. The molecule has 1 heterocycles. The Bertz CT molecular complexity index is 1490. The number of allylic oxidation sites excluding steroid dienone is 2. The fourth-order valence-electron chi connectivity index (χ4n) is 4.83. The second-order valence-electron chi connectivity index (χ2n) is 8.70. The average molecular weight is 625 g/mol. The van der Waals surface area contributed by atoms with E-state index in [0.717, 1.165) is 15.6 Å². The molecule has 6 nitrogen and oxygen atoms in total. The smallest absolute Gasteiger partial charge is 0.336 e. The van der Waals surface area contributed by atoms with E-state index < -0.39 is 11.9 Å². The molecule has 0 unspecified atom stereocenters. The Morgan fingerprint density at radius 1 is 1.00 bits per heavy atom. The van der Waals surface area contributed by atoms with Crippen molar-refractivity contribution in [3.8, 4) is 11.5 Å². The van der Waals surface area contributed by atoms with Gasteiger partial charge in [0.1, 0.15) is 6.61 Å². The molecule has 0 saturated carbocycles. The number of ether oxygens (including phenoxy) is 3. The summed E-state index contributed by atoms with van der Waals surface area (Å²) in [6, 6.07) is 19.0. The highest BCUT2D eigenvalue weighted by atomic mass is 79.9. The Hall–Kier alpha value is -3.36. The number of nitrogens with one attached hydrogen (secondary N) is 1. The Labute approximate surface area is 231 Å². The molecule has 1 N–H and O–H groups in total. The van der Waals surface area contributed by atoms with E-state index in [4.69, 9.17) is 14.2 Å². The van der Waals surface area contributed by atoms with Crippen LogP contribution in [0.2, 0.25) is 0 Å². The van der Waals surface area contributed by atoms with Gasteiger partial charge in [0, 0.05) is 32.8 Å². The third-order valence-corrected chi connectivity index (χ3v) is 7.65. The number of carbonyl (C=O) groups is 2. The predicted octanol–water partition coefficient (Wildman–Crippen LogP) is 6.54. The standard InChI is InChI=1S/C29H23Br2NO5/c1-15-23(29(34)36-3)24(25-26(32-15)19-6-4-5-7-20(19)27(25)33)17-12-21(31)28(22(13-17)35-2)37-14-16-8-10-18(30)11-9-16/h4-13,24,32H,14H2,1-3H3/t24-/m0/s1. The summed E-state index contributed by atoms with van der Waals surface area (Å²) in [5.41, 5.74) is 5.34. The van der Waals surface area contributed by atoms with Gasteiger partial charge in [0.25, 0.3) is 0 Å². The van der Waals surface area contributed by atoms with Crippen molar-refractivity contribution in [1.29, 1.82) is 0 Å². The third-order valence-electron chi connectivity index (χ3n) is 6.54. The quantitative estimate of drug-likeness (QED) is 0.314. The monoisotopic (exact) mass is 623 g/mol. The van der Waals surface area contributed by atoms with Gasteiger partial charge in [-0.15, -0.1) is 0 Å². The lowest BCUT2D eigenvalue weighted by Gasteiger charge is -2.29. The first-order valence-corrected chi connectivity index (χ1v) is 13.1. The molecule has 0 spiro atoms. The van der Waals surface area contributed by atoms with E-state index in [1.807, 2.05) is 61.5 Å². The first-order chi connectivity index (χ1) is 17.8. The number of hydrogen-bond acceptors (Lipinski definition) is 6. The van der Waals surface area contributed by atoms with E-state index in [9.17, 15) is 9.59 Å². The van der Waals surface area contributed by atoms with Crippen LogP contribution in [-0.4, -0.2) is 26.0 Å². The van der Waals surface area contributed by atoms with E-state index in [1.54, 1.807) is 13.2 Å². The van der Waals surface area contributed by atoms with Gasteiger partial charge in [-0.05, 0) is 58.2 Å². The summed E-state index contributed by atoms with van der Waals surface area (Å²) in [6.07, 6.45) is 0. The number of fused-ring (bicyclic) bond motifs is 2. The maximum absolute atomic E-state index is 13.6. The molecule has 0 fully saturated rings. The summed E-state index contributed by atoms with van der Waals surface area (Å²) in [5.74, 6) is -0.279. The van der Waals surface area contributed by atoms with Gasteiger partial charge in [-0.2, -0.15) is 0 Å². The number of hydrogen-bond donors (Lipinski definition) is 1. The number of dihydropyridines is 1. The van der Waals surface area contributed by atoms with Crippen LogP contribution in [0.25, 0.3) is 5.70 Å². The number of esters is 1.